The second-order valence-corrected chi connectivity index (χ2v) is 7.11. The molecule has 2 saturated heterocycles. The lowest BCUT2D eigenvalue weighted by Gasteiger charge is -2.42. The van der Waals surface area contributed by atoms with Crippen molar-refractivity contribution >= 4 is 5.91 Å². The van der Waals surface area contributed by atoms with Crippen LogP contribution in [0.25, 0.3) is 0 Å². The van der Waals surface area contributed by atoms with Crippen LogP contribution < -0.4 is 4.74 Å². The van der Waals surface area contributed by atoms with Gasteiger partial charge in [-0.2, -0.15) is 0 Å². The van der Waals surface area contributed by atoms with Crippen molar-refractivity contribution < 1.29 is 14.3 Å². The Kier molecular flexibility index (Phi) is 5.29. The first kappa shape index (κ1) is 17.9. The van der Waals surface area contributed by atoms with Crippen molar-refractivity contribution in [3.05, 3.63) is 48.8 Å². The fourth-order valence-electron chi connectivity index (χ4n) is 4.16. The zero-order valence-electron chi connectivity index (χ0n) is 15.3. The molecule has 27 heavy (non-hydrogen) atoms. The lowest BCUT2D eigenvalue weighted by Crippen LogP contribution is -2.49. The zero-order chi connectivity index (χ0) is 18.5. The predicted molar refractivity (Wildman–Crippen MR) is 98.3 cm³/mol. The number of ether oxygens (including phenoxy) is 2. The van der Waals surface area contributed by atoms with Gasteiger partial charge in [0.05, 0.1) is 18.4 Å². The average molecular weight is 368 g/mol. The summed E-state index contributed by atoms with van der Waals surface area (Å²) in [6.45, 7) is 2.84. The third kappa shape index (κ3) is 3.93. The summed E-state index contributed by atoms with van der Waals surface area (Å²) in [4.78, 5) is 26.5. The molecule has 7 heteroatoms. The number of hydrogen-bond acceptors (Lipinski definition) is 6. The van der Waals surface area contributed by atoms with E-state index in [1.807, 2.05) is 17.0 Å². The Morgan fingerprint density at radius 3 is 2.89 bits per heavy atom. The molecule has 1 amide bonds. The van der Waals surface area contributed by atoms with Crippen LogP contribution in [0.1, 0.15) is 36.2 Å². The van der Waals surface area contributed by atoms with Crippen molar-refractivity contribution in [1.82, 2.24) is 19.9 Å². The van der Waals surface area contributed by atoms with E-state index in [-0.39, 0.29) is 11.5 Å². The average Bonchev–Trinajstić information content (AvgIpc) is 3.11. The molecule has 0 N–H and O–H groups in total. The molecule has 4 heterocycles. The van der Waals surface area contributed by atoms with Crippen LogP contribution in [0.3, 0.4) is 0 Å². The molecule has 2 aromatic heterocycles. The molecule has 2 fully saturated rings. The Morgan fingerprint density at radius 1 is 1.26 bits per heavy atom. The van der Waals surface area contributed by atoms with E-state index in [1.54, 1.807) is 24.7 Å². The number of piperidine rings is 1. The van der Waals surface area contributed by atoms with Crippen LogP contribution in [0.5, 0.6) is 5.75 Å². The molecule has 0 aromatic carbocycles. The second kappa shape index (κ2) is 8.00. The fourth-order valence-corrected chi connectivity index (χ4v) is 4.16. The fraction of sp³-hybridized carbons (Fsp3) is 0.500. The Labute approximate surface area is 158 Å². The Bertz CT molecular complexity index is 748. The molecule has 0 unspecified atom stereocenters. The zero-order valence-corrected chi connectivity index (χ0v) is 15.3. The van der Waals surface area contributed by atoms with Crippen LogP contribution in [0, 0.1) is 5.92 Å². The minimum Gasteiger partial charge on any atom is -0.492 e. The van der Waals surface area contributed by atoms with Gasteiger partial charge in [0.15, 0.2) is 0 Å². The van der Waals surface area contributed by atoms with E-state index in [9.17, 15) is 4.79 Å². The minimum atomic E-state index is -0.124. The largest absolute Gasteiger partial charge is 0.492 e. The highest BCUT2D eigenvalue weighted by Gasteiger charge is 2.46. The standard InChI is InChI=1S/C20H24N4O3/c25-19(18-3-9-22-15-23-18)24-10-6-20(7-11-24)16(5-13-27-20)4-12-26-17-2-1-8-21-14-17/h1-3,8-9,14-16H,4-7,10-13H2/t16-/m1/s1. The number of nitrogens with zero attached hydrogens (tertiary/aromatic N) is 4. The maximum absolute atomic E-state index is 12.6. The van der Waals surface area contributed by atoms with Crippen LogP contribution in [-0.4, -0.2) is 57.7 Å². The highest BCUT2D eigenvalue weighted by Crippen LogP contribution is 2.42. The maximum Gasteiger partial charge on any atom is 0.272 e. The van der Waals surface area contributed by atoms with Crippen molar-refractivity contribution in [3.63, 3.8) is 0 Å². The summed E-state index contributed by atoms with van der Waals surface area (Å²) in [6.07, 6.45) is 10.2. The number of likely N-dealkylation sites (tertiary alicyclic amines) is 1. The van der Waals surface area contributed by atoms with E-state index in [0.29, 0.717) is 31.3 Å². The van der Waals surface area contributed by atoms with E-state index >= 15 is 0 Å². The van der Waals surface area contributed by atoms with Gasteiger partial charge in [-0.05, 0) is 49.8 Å². The molecule has 2 aliphatic heterocycles. The lowest BCUT2D eigenvalue weighted by molar-refractivity contribution is -0.0649. The van der Waals surface area contributed by atoms with E-state index in [4.69, 9.17) is 9.47 Å². The highest BCUT2D eigenvalue weighted by molar-refractivity contribution is 5.92. The monoisotopic (exact) mass is 368 g/mol. The van der Waals surface area contributed by atoms with Gasteiger partial charge in [-0.1, -0.05) is 0 Å². The second-order valence-electron chi connectivity index (χ2n) is 7.11. The molecule has 0 saturated carbocycles. The van der Waals surface area contributed by atoms with Gasteiger partial charge in [-0.25, -0.2) is 9.97 Å². The number of pyridine rings is 1. The molecular formula is C20H24N4O3. The number of rotatable bonds is 5. The van der Waals surface area contributed by atoms with E-state index < -0.39 is 0 Å². The van der Waals surface area contributed by atoms with Gasteiger partial charge in [0.1, 0.15) is 17.8 Å². The summed E-state index contributed by atoms with van der Waals surface area (Å²) >= 11 is 0. The molecule has 1 spiro atoms. The first-order valence-corrected chi connectivity index (χ1v) is 9.49. The number of carbonyl (C=O) groups excluding carboxylic acids is 1. The molecule has 1 atom stereocenters. The molecule has 0 bridgehead atoms. The smallest absolute Gasteiger partial charge is 0.272 e. The quantitative estimate of drug-likeness (QED) is 0.806. The normalized spacial score (nSPS) is 21.3. The molecule has 2 aliphatic rings. The van der Waals surface area contributed by atoms with Crippen LogP contribution in [0.4, 0.5) is 0 Å². The van der Waals surface area contributed by atoms with E-state index in [0.717, 1.165) is 38.0 Å². The number of amides is 1. The molecule has 142 valence electrons. The molecule has 7 nitrogen and oxygen atoms in total. The molecule has 4 rings (SSSR count). The third-order valence-electron chi connectivity index (χ3n) is 5.67. The Hall–Kier alpha value is -2.54. The van der Waals surface area contributed by atoms with Crippen LogP contribution in [-0.2, 0) is 4.74 Å². The first-order valence-electron chi connectivity index (χ1n) is 9.49. The van der Waals surface area contributed by atoms with Crippen molar-refractivity contribution in [2.75, 3.05) is 26.3 Å². The van der Waals surface area contributed by atoms with E-state index in [2.05, 4.69) is 15.0 Å². The van der Waals surface area contributed by atoms with Crippen molar-refractivity contribution in [2.24, 2.45) is 5.92 Å². The summed E-state index contributed by atoms with van der Waals surface area (Å²) in [7, 11) is 0. The summed E-state index contributed by atoms with van der Waals surface area (Å²) < 4.78 is 12.0. The van der Waals surface area contributed by atoms with Gasteiger partial charge in [0, 0.05) is 32.1 Å². The van der Waals surface area contributed by atoms with Crippen molar-refractivity contribution in [2.45, 2.75) is 31.3 Å². The predicted octanol–water partition coefficient (Wildman–Crippen LogP) is 2.35. The minimum absolute atomic E-state index is 0.0262. The summed E-state index contributed by atoms with van der Waals surface area (Å²) in [5, 5.41) is 0. The first-order chi connectivity index (χ1) is 13.3. The summed E-state index contributed by atoms with van der Waals surface area (Å²) in [5.41, 5.74) is 0.329. The van der Waals surface area contributed by atoms with Crippen LogP contribution in [0.15, 0.2) is 43.1 Å². The SMILES string of the molecule is O=C(c1ccncn1)N1CCC2(CC1)OCC[C@H]2CCOc1cccnc1. The van der Waals surface area contributed by atoms with Crippen molar-refractivity contribution in [1.29, 1.82) is 0 Å². The topological polar surface area (TPSA) is 77.4 Å². The van der Waals surface area contributed by atoms with Crippen LogP contribution >= 0.6 is 0 Å². The molecule has 0 radical (unpaired) electrons. The summed E-state index contributed by atoms with van der Waals surface area (Å²) in [5.74, 6) is 1.24. The van der Waals surface area contributed by atoms with Gasteiger partial charge in [-0.3, -0.25) is 9.78 Å². The number of aromatic nitrogens is 3. The Balaban J connectivity index is 1.31. The maximum atomic E-state index is 12.6. The Morgan fingerprint density at radius 2 is 2.15 bits per heavy atom. The van der Waals surface area contributed by atoms with Crippen molar-refractivity contribution in [3.8, 4) is 5.75 Å². The lowest BCUT2D eigenvalue weighted by atomic mass is 9.78. The van der Waals surface area contributed by atoms with Gasteiger partial charge in [0.2, 0.25) is 0 Å². The van der Waals surface area contributed by atoms with Gasteiger partial charge in [0.25, 0.3) is 5.91 Å². The van der Waals surface area contributed by atoms with Gasteiger partial charge in [-0.15, -0.1) is 0 Å². The number of hydrogen-bond donors (Lipinski definition) is 0. The highest BCUT2D eigenvalue weighted by atomic mass is 16.5. The van der Waals surface area contributed by atoms with Gasteiger partial charge >= 0.3 is 0 Å². The third-order valence-corrected chi connectivity index (χ3v) is 5.67. The molecular weight excluding hydrogens is 344 g/mol. The molecule has 2 aromatic rings. The van der Waals surface area contributed by atoms with Gasteiger partial charge < -0.3 is 14.4 Å². The molecule has 0 aliphatic carbocycles. The summed E-state index contributed by atoms with van der Waals surface area (Å²) in [6, 6.07) is 5.46. The van der Waals surface area contributed by atoms with E-state index in [1.165, 1.54) is 6.33 Å². The van der Waals surface area contributed by atoms with Crippen LogP contribution in [0.2, 0.25) is 0 Å². The number of carbonyl (C=O) groups is 1.